The van der Waals surface area contributed by atoms with Crippen molar-refractivity contribution in [3.63, 3.8) is 0 Å². The molecule has 1 atom stereocenters. The minimum atomic E-state index is 0.184. The predicted octanol–water partition coefficient (Wildman–Crippen LogP) is 7.51. The van der Waals surface area contributed by atoms with Crippen LogP contribution in [0.4, 0.5) is 0 Å². The molecule has 0 radical (unpaired) electrons. The third-order valence-corrected chi connectivity index (χ3v) is 7.52. The molecule has 0 fully saturated rings. The Morgan fingerprint density at radius 1 is 0.853 bits per heavy atom. The van der Waals surface area contributed by atoms with Gasteiger partial charge in [-0.25, -0.2) is 0 Å². The molecule has 34 heavy (non-hydrogen) atoms. The summed E-state index contributed by atoms with van der Waals surface area (Å²) < 4.78 is 11.3. The molecule has 4 aromatic rings. The SMILES string of the molecule is COc1cc2c(cc1OC)[C@@H](Cc1cccc3ccccc13)N(Cc1ccc(Cl)c(Cl)c1)CC2. The second-order valence-electron chi connectivity index (χ2n) is 8.73. The smallest absolute Gasteiger partial charge is 0.161 e. The fraction of sp³-hybridized carbons (Fsp3) is 0.241. The molecule has 0 bridgehead atoms. The standard InChI is InChI=1S/C29H27Cl2NO2/c1-33-28-16-22-12-13-32(18-19-10-11-25(30)26(31)14-19)27(24(22)17-29(28)34-2)15-21-8-5-7-20-6-3-4-9-23(20)21/h3-11,14,16-17,27H,12-13,15,18H2,1-2H3/t27-/m1/s1. The molecule has 0 N–H and O–H groups in total. The number of fused-ring (bicyclic) bond motifs is 2. The molecular formula is C29H27Cl2NO2. The third kappa shape index (κ3) is 4.48. The van der Waals surface area contributed by atoms with Gasteiger partial charge < -0.3 is 9.47 Å². The van der Waals surface area contributed by atoms with Gasteiger partial charge in [-0.05, 0) is 70.1 Å². The molecule has 1 aliphatic rings. The van der Waals surface area contributed by atoms with Crippen molar-refractivity contribution in [2.45, 2.75) is 25.4 Å². The molecule has 0 saturated carbocycles. The third-order valence-electron chi connectivity index (χ3n) is 6.78. The Bertz CT molecular complexity index is 1330. The average molecular weight is 492 g/mol. The fourth-order valence-corrected chi connectivity index (χ4v) is 5.38. The normalized spacial score (nSPS) is 15.8. The van der Waals surface area contributed by atoms with Crippen molar-refractivity contribution in [3.05, 3.63) is 105 Å². The van der Waals surface area contributed by atoms with Crippen LogP contribution in [0.15, 0.2) is 72.8 Å². The molecule has 0 spiro atoms. The zero-order valence-corrected chi connectivity index (χ0v) is 20.9. The van der Waals surface area contributed by atoms with Crippen molar-refractivity contribution < 1.29 is 9.47 Å². The summed E-state index contributed by atoms with van der Waals surface area (Å²) in [7, 11) is 3.39. The van der Waals surface area contributed by atoms with Crippen LogP contribution in [-0.4, -0.2) is 25.7 Å². The Labute approximate surface area is 210 Å². The first-order valence-corrected chi connectivity index (χ1v) is 12.2. The summed E-state index contributed by atoms with van der Waals surface area (Å²) in [6, 6.07) is 25.6. The molecule has 0 aromatic heterocycles. The highest BCUT2D eigenvalue weighted by Gasteiger charge is 2.30. The highest BCUT2D eigenvalue weighted by molar-refractivity contribution is 6.42. The van der Waals surface area contributed by atoms with E-state index in [0.717, 1.165) is 43.0 Å². The van der Waals surface area contributed by atoms with Crippen LogP contribution in [0.5, 0.6) is 11.5 Å². The molecule has 0 aliphatic carbocycles. The number of nitrogens with zero attached hydrogens (tertiary/aromatic N) is 1. The quantitative estimate of drug-likeness (QED) is 0.278. The van der Waals surface area contributed by atoms with Crippen LogP contribution in [0.1, 0.15) is 28.3 Å². The van der Waals surface area contributed by atoms with Crippen molar-refractivity contribution in [3.8, 4) is 11.5 Å². The van der Waals surface area contributed by atoms with Crippen molar-refractivity contribution in [1.82, 2.24) is 4.90 Å². The van der Waals surface area contributed by atoms with Crippen LogP contribution in [0.2, 0.25) is 10.0 Å². The lowest BCUT2D eigenvalue weighted by Crippen LogP contribution is -2.36. The van der Waals surface area contributed by atoms with Gasteiger partial charge in [0.25, 0.3) is 0 Å². The average Bonchev–Trinajstić information content (AvgIpc) is 2.87. The summed E-state index contributed by atoms with van der Waals surface area (Å²) in [6.07, 6.45) is 1.84. The predicted molar refractivity (Wildman–Crippen MR) is 141 cm³/mol. The summed E-state index contributed by atoms with van der Waals surface area (Å²) in [5.74, 6) is 1.55. The van der Waals surface area contributed by atoms with Gasteiger partial charge in [0.15, 0.2) is 11.5 Å². The van der Waals surface area contributed by atoms with E-state index in [-0.39, 0.29) is 6.04 Å². The molecule has 174 valence electrons. The van der Waals surface area contributed by atoms with E-state index in [1.807, 2.05) is 12.1 Å². The van der Waals surface area contributed by atoms with Crippen LogP contribution in [0.3, 0.4) is 0 Å². The number of rotatable bonds is 6. The topological polar surface area (TPSA) is 21.7 Å². The Hall–Kier alpha value is -2.72. The first kappa shape index (κ1) is 23.0. The highest BCUT2D eigenvalue weighted by atomic mass is 35.5. The second-order valence-corrected chi connectivity index (χ2v) is 9.55. The van der Waals surface area contributed by atoms with Crippen molar-refractivity contribution in [2.24, 2.45) is 0 Å². The van der Waals surface area contributed by atoms with Gasteiger partial charge in [-0.3, -0.25) is 4.90 Å². The summed E-state index contributed by atoms with van der Waals surface area (Å²) in [4.78, 5) is 2.54. The maximum Gasteiger partial charge on any atom is 0.161 e. The Morgan fingerprint density at radius 3 is 2.41 bits per heavy atom. The monoisotopic (exact) mass is 491 g/mol. The van der Waals surface area contributed by atoms with E-state index in [0.29, 0.717) is 10.0 Å². The van der Waals surface area contributed by atoms with E-state index in [4.69, 9.17) is 32.7 Å². The van der Waals surface area contributed by atoms with Crippen LogP contribution in [0.25, 0.3) is 10.8 Å². The minimum absolute atomic E-state index is 0.184. The van der Waals surface area contributed by atoms with Gasteiger partial charge in [0.2, 0.25) is 0 Å². The largest absolute Gasteiger partial charge is 0.493 e. The van der Waals surface area contributed by atoms with E-state index in [9.17, 15) is 0 Å². The van der Waals surface area contributed by atoms with Crippen molar-refractivity contribution in [1.29, 1.82) is 0 Å². The number of ether oxygens (including phenoxy) is 2. The summed E-state index contributed by atoms with van der Waals surface area (Å²) in [5, 5.41) is 3.73. The van der Waals surface area contributed by atoms with Crippen LogP contribution in [0, 0.1) is 0 Å². The minimum Gasteiger partial charge on any atom is -0.493 e. The summed E-state index contributed by atoms with van der Waals surface area (Å²) >= 11 is 12.5. The van der Waals surface area contributed by atoms with Gasteiger partial charge >= 0.3 is 0 Å². The number of methoxy groups -OCH3 is 2. The molecule has 3 nitrogen and oxygen atoms in total. The van der Waals surface area contributed by atoms with Gasteiger partial charge in [-0.1, -0.05) is 71.7 Å². The van der Waals surface area contributed by atoms with Gasteiger partial charge in [0, 0.05) is 19.1 Å². The maximum absolute atomic E-state index is 6.34. The van der Waals surface area contributed by atoms with E-state index in [1.54, 1.807) is 14.2 Å². The Morgan fingerprint density at radius 2 is 1.62 bits per heavy atom. The summed E-state index contributed by atoms with van der Waals surface area (Å²) in [5.41, 5.74) is 5.09. The van der Waals surface area contributed by atoms with Crippen molar-refractivity contribution in [2.75, 3.05) is 20.8 Å². The van der Waals surface area contributed by atoms with Gasteiger partial charge in [0.05, 0.1) is 24.3 Å². The highest BCUT2D eigenvalue weighted by Crippen LogP contribution is 2.41. The lowest BCUT2D eigenvalue weighted by Gasteiger charge is -2.38. The number of hydrogen-bond acceptors (Lipinski definition) is 3. The Balaban J connectivity index is 1.58. The van der Waals surface area contributed by atoms with E-state index < -0.39 is 0 Å². The molecular weight excluding hydrogens is 465 g/mol. The van der Waals surface area contributed by atoms with Crippen LogP contribution in [-0.2, 0) is 19.4 Å². The number of hydrogen-bond donors (Lipinski definition) is 0. The lowest BCUT2D eigenvalue weighted by molar-refractivity contribution is 0.174. The van der Waals surface area contributed by atoms with Crippen molar-refractivity contribution >= 4 is 34.0 Å². The molecule has 0 saturated heterocycles. The van der Waals surface area contributed by atoms with E-state index >= 15 is 0 Å². The van der Waals surface area contributed by atoms with Gasteiger partial charge in [-0.15, -0.1) is 0 Å². The zero-order valence-electron chi connectivity index (χ0n) is 19.4. The molecule has 1 aliphatic heterocycles. The molecule has 1 heterocycles. The zero-order chi connectivity index (χ0) is 23.7. The van der Waals surface area contributed by atoms with Crippen LogP contribution < -0.4 is 9.47 Å². The van der Waals surface area contributed by atoms with Gasteiger partial charge in [-0.2, -0.15) is 0 Å². The molecule has 0 unspecified atom stereocenters. The number of halogens is 2. The van der Waals surface area contributed by atoms with E-state index in [2.05, 4.69) is 65.6 Å². The van der Waals surface area contributed by atoms with E-state index in [1.165, 1.54) is 27.5 Å². The molecule has 5 heteroatoms. The lowest BCUT2D eigenvalue weighted by atomic mass is 9.86. The molecule has 5 rings (SSSR count). The summed E-state index contributed by atoms with van der Waals surface area (Å²) in [6.45, 7) is 1.73. The molecule has 0 amide bonds. The fourth-order valence-electron chi connectivity index (χ4n) is 5.06. The first-order chi connectivity index (χ1) is 16.6. The maximum atomic E-state index is 6.34. The Kier molecular flexibility index (Phi) is 6.69. The first-order valence-electron chi connectivity index (χ1n) is 11.5. The second kappa shape index (κ2) is 9.87. The molecule has 4 aromatic carbocycles. The van der Waals surface area contributed by atoms with Crippen LogP contribution >= 0.6 is 23.2 Å². The number of benzene rings is 4. The van der Waals surface area contributed by atoms with Gasteiger partial charge in [0.1, 0.15) is 0 Å².